The van der Waals surface area contributed by atoms with Crippen molar-refractivity contribution in [2.75, 3.05) is 18.8 Å². The first-order valence-corrected chi connectivity index (χ1v) is 10.9. The topological polar surface area (TPSA) is 92.5 Å². The minimum absolute atomic E-state index is 0.0503. The minimum Gasteiger partial charge on any atom is -0.398 e. The zero-order chi connectivity index (χ0) is 19.6. The quantitative estimate of drug-likeness (QED) is 0.769. The van der Waals surface area contributed by atoms with E-state index in [1.165, 1.54) is 0 Å². The van der Waals surface area contributed by atoms with Crippen LogP contribution in [0.15, 0.2) is 41.3 Å². The van der Waals surface area contributed by atoms with Gasteiger partial charge in [0.2, 0.25) is 15.9 Å². The molecular weight excluding hydrogens is 362 g/mol. The van der Waals surface area contributed by atoms with Crippen molar-refractivity contribution < 1.29 is 13.2 Å². The lowest BCUT2D eigenvalue weighted by molar-refractivity contribution is -0.133. The zero-order valence-corrected chi connectivity index (χ0v) is 16.6. The second-order valence-corrected chi connectivity index (χ2v) is 8.96. The minimum atomic E-state index is -3.69. The summed E-state index contributed by atoms with van der Waals surface area (Å²) in [7, 11) is -3.69. The summed E-state index contributed by atoms with van der Waals surface area (Å²) in [5.74, 6) is 0.199. The van der Waals surface area contributed by atoms with E-state index in [1.807, 2.05) is 30.9 Å². The van der Waals surface area contributed by atoms with Gasteiger partial charge in [0.05, 0.1) is 4.90 Å². The van der Waals surface area contributed by atoms with Gasteiger partial charge in [-0.3, -0.25) is 4.79 Å². The summed E-state index contributed by atoms with van der Waals surface area (Å²) in [4.78, 5) is 14.2. The molecule has 0 radical (unpaired) electrons. The van der Waals surface area contributed by atoms with Crippen LogP contribution in [-0.4, -0.2) is 38.4 Å². The van der Waals surface area contributed by atoms with Crippen molar-refractivity contribution in [3.63, 3.8) is 0 Å². The predicted octanol–water partition coefficient (Wildman–Crippen LogP) is 2.74. The van der Waals surface area contributed by atoms with Crippen molar-refractivity contribution in [2.24, 2.45) is 5.92 Å². The van der Waals surface area contributed by atoms with Crippen molar-refractivity contribution in [3.05, 3.63) is 36.4 Å². The van der Waals surface area contributed by atoms with Gasteiger partial charge in [-0.2, -0.15) is 0 Å². The molecule has 1 aliphatic heterocycles. The predicted molar refractivity (Wildman–Crippen MR) is 108 cm³/mol. The monoisotopic (exact) mass is 389 g/mol. The van der Waals surface area contributed by atoms with E-state index in [4.69, 9.17) is 5.73 Å². The van der Waals surface area contributed by atoms with E-state index < -0.39 is 10.0 Å². The number of benzene rings is 2. The second-order valence-electron chi connectivity index (χ2n) is 7.28. The van der Waals surface area contributed by atoms with Gasteiger partial charge in [-0.25, -0.2) is 13.1 Å². The molecule has 0 unspecified atom stereocenters. The largest absolute Gasteiger partial charge is 0.398 e. The molecule has 2 atom stereocenters. The van der Waals surface area contributed by atoms with Crippen molar-refractivity contribution in [3.8, 4) is 0 Å². The molecule has 0 saturated carbocycles. The van der Waals surface area contributed by atoms with E-state index in [9.17, 15) is 13.2 Å². The fraction of sp³-hybridized carbons (Fsp3) is 0.450. The molecule has 27 heavy (non-hydrogen) atoms. The summed E-state index contributed by atoms with van der Waals surface area (Å²) in [5.41, 5.74) is 6.55. The van der Waals surface area contributed by atoms with Crippen LogP contribution in [0, 0.1) is 5.92 Å². The van der Waals surface area contributed by atoms with Crippen LogP contribution in [0.2, 0.25) is 0 Å². The van der Waals surface area contributed by atoms with Gasteiger partial charge < -0.3 is 10.6 Å². The highest BCUT2D eigenvalue weighted by Crippen LogP contribution is 2.28. The summed E-state index contributed by atoms with van der Waals surface area (Å²) < 4.78 is 29.0. The summed E-state index contributed by atoms with van der Waals surface area (Å²) in [6.07, 6.45) is 1.98. The zero-order valence-electron chi connectivity index (χ0n) is 15.8. The maximum atomic E-state index is 13.1. The highest BCUT2D eigenvalue weighted by atomic mass is 32.2. The number of nitrogen functional groups attached to an aromatic ring is 1. The van der Waals surface area contributed by atoms with Crippen LogP contribution in [0.5, 0.6) is 0 Å². The highest BCUT2D eigenvalue weighted by Gasteiger charge is 2.32. The molecule has 1 saturated heterocycles. The van der Waals surface area contributed by atoms with Crippen LogP contribution < -0.4 is 10.5 Å². The van der Waals surface area contributed by atoms with Crippen LogP contribution >= 0.6 is 0 Å². The van der Waals surface area contributed by atoms with E-state index in [2.05, 4.69) is 4.72 Å². The van der Waals surface area contributed by atoms with Gasteiger partial charge >= 0.3 is 0 Å². The average Bonchev–Trinajstić information content (AvgIpc) is 2.63. The molecule has 1 aliphatic rings. The van der Waals surface area contributed by atoms with E-state index >= 15 is 0 Å². The Hall–Kier alpha value is -2.12. The number of likely N-dealkylation sites (tertiary alicyclic amines) is 1. The molecule has 6 nitrogen and oxygen atoms in total. The van der Waals surface area contributed by atoms with Crippen LogP contribution in [-0.2, 0) is 14.8 Å². The molecule has 7 heteroatoms. The van der Waals surface area contributed by atoms with Crippen LogP contribution in [0.4, 0.5) is 5.69 Å². The van der Waals surface area contributed by atoms with E-state index in [1.54, 1.807) is 24.3 Å². The number of rotatable bonds is 5. The van der Waals surface area contributed by atoms with E-state index in [0.29, 0.717) is 37.0 Å². The molecule has 0 aliphatic carbocycles. The molecule has 1 heterocycles. The normalized spacial score (nSPS) is 20.7. The van der Waals surface area contributed by atoms with Crippen molar-refractivity contribution in [1.29, 1.82) is 0 Å². The Morgan fingerprint density at radius 3 is 2.59 bits per heavy atom. The lowest BCUT2D eigenvalue weighted by Gasteiger charge is -2.37. The number of nitrogens with one attached hydrogen (secondary N) is 1. The summed E-state index contributed by atoms with van der Waals surface area (Å²) in [6, 6.07) is 10.2. The Labute approximate surface area is 160 Å². The fourth-order valence-corrected chi connectivity index (χ4v) is 5.30. The van der Waals surface area contributed by atoms with Gasteiger partial charge in [-0.1, -0.05) is 38.1 Å². The van der Waals surface area contributed by atoms with E-state index in [-0.39, 0.29) is 22.8 Å². The Balaban J connectivity index is 1.80. The number of nitrogens with two attached hydrogens (primary N) is 1. The Morgan fingerprint density at radius 2 is 1.93 bits per heavy atom. The second kappa shape index (κ2) is 7.86. The number of nitrogens with zero attached hydrogens (tertiary/aromatic N) is 1. The van der Waals surface area contributed by atoms with Gasteiger partial charge in [-0.05, 0) is 30.9 Å². The summed E-state index contributed by atoms with van der Waals surface area (Å²) in [5, 5.41) is 1.35. The molecule has 146 valence electrons. The average molecular weight is 390 g/mol. The van der Waals surface area contributed by atoms with Crippen LogP contribution in [0.25, 0.3) is 10.8 Å². The van der Waals surface area contributed by atoms with Crippen molar-refractivity contribution >= 4 is 32.4 Å². The summed E-state index contributed by atoms with van der Waals surface area (Å²) >= 11 is 0. The van der Waals surface area contributed by atoms with E-state index in [0.717, 1.165) is 11.8 Å². The molecule has 2 aromatic carbocycles. The number of hydrogen-bond donors (Lipinski definition) is 2. The lowest BCUT2D eigenvalue weighted by Crippen LogP contribution is -2.51. The molecule has 3 N–H and O–H groups in total. The van der Waals surface area contributed by atoms with Crippen LogP contribution in [0.1, 0.15) is 33.1 Å². The SMILES string of the molecule is CCCC(=O)N1CC[C@@H](NS(=O)(=O)c2ccc(N)c3ccccc23)[C@H](C)C1. The molecule has 0 bridgehead atoms. The maximum Gasteiger partial charge on any atom is 0.241 e. The Kier molecular flexibility index (Phi) is 5.72. The smallest absolute Gasteiger partial charge is 0.241 e. The molecule has 3 rings (SSSR count). The maximum absolute atomic E-state index is 13.1. The molecule has 1 fully saturated rings. The number of fused-ring (bicyclic) bond motifs is 1. The number of carbonyl (C=O) groups is 1. The number of sulfonamides is 1. The highest BCUT2D eigenvalue weighted by molar-refractivity contribution is 7.89. The first-order chi connectivity index (χ1) is 12.8. The number of amides is 1. The molecule has 0 spiro atoms. The van der Waals surface area contributed by atoms with Crippen molar-refractivity contribution in [2.45, 2.75) is 44.0 Å². The standard InChI is InChI=1S/C20H27N3O3S/c1-3-6-20(24)23-12-11-18(14(2)13-23)22-27(25,26)19-10-9-17(21)15-7-4-5-8-16(15)19/h4-5,7-10,14,18,22H,3,6,11-13,21H2,1-2H3/t14-,18-/m1/s1. The third-order valence-corrected chi connectivity index (χ3v) is 6.78. The first-order valence-electron chi connectivity index (χ1n) is 9.40. The first kappa shape index (κ1) is 19.6. The fourth-order valence-electron chi connectivity index (χ4n) is 3.71. The van der Waals surface area contributed by atoms with Gasteiger partial charge in [0, 0.05) is 42.0 Å². The lowest BCUT2D eigenvalue weighted by atomic mass is 9.94. The van der Waals surface area contributed by atoms with Crippen LogP contribution in [0.3, 0.4) is 0 Å². The summed E-state index contributed by atoms with van der Waals surface area (Å²) in [6.45, 7) is 5.13. The van der Waals surface area contributed by atoms with Gasteiger partial charge in [0.15, 0.2) is 0 Å². The number of anilines is 1. The third-order valence-electron chi connectivity index (χ3n) is 5.24. The third kappa shape index (κ3) is 4.09. The van der Waals surface area contributed by atoms with Gasteiger partial charge in [0.1, 0.15) is 0 Å². The van der Waals surface area contributed by atoms with Crippen molar-refractivity contribution in [1.82, 2.24) is 9.62 Å². The molecule has 2 aromatic rings. The molecule has 1 amide bonds. The van der Waals surface area contributed by atoms with Gasteiger partial charge in [-0.15, -0.1) is 0 Å². The number of hydrogen-bond acceptors (Lipinski definition) is 4. The number of carbonyl (C=O) groups excluding carboxylic acids is 1. The van der Waals surface area contributed by atoms with Gasteiger partial charge in [0.25, 0.3) is 0 Å². The Bertz CT molecular complexity index is 943. The number of piperidine rings is 1. The molecular formula is C20H27N3O3S. The molecule has 0 aromatic heterocycles. The Morgan fingerprint density at radius 1 is 1.22 bits per heavy atom.